The third-order valence-electron chi connectivity index (χ3n) is 4.95. The first-order valence-corrected chi connectivity index (χ1v) is 7.06. The monoisotopic (exact) mass is 254 g/mol. The minimum Gasteiger partial charge on any atom is -0.469 e. The zero-order chi connectivity index (χ0) is 13.4. The summed E-state index contributed by atoms with van der Waals surface area (Å²) in [5, 5.41) is 0. The van der Waals surface area contributed by atoms with Crippen molar-refractivity contribution in [1.82, 2.24) is 0 Å². The highest BCUT2D eigenvalue weighted by molar-refractivity contribution is 5.70. The second kappa shape index (κ2) is 4.84. The average Bonchev–Trinajstić information content (AvgIpc) is 3.12. The first-order chi connectivity index (χ1) is 8.37. The molecule has 18 heavy (non-hydrogen) atoms. The van der Waals surface area contributed by atoms with Crippen LogP contribution in [0, 0.1) is 16.7 Å². The van der Waals surface area contributed by atoms with Gasteiger partial charge in [0, 0.05) is 5.41 Å². The Morgan fingerprint density at radius 3 is 2.28 bits per heavy atom. The van der Waals surface area contributed by atoms with E-state index in [-0.39, 0.29) is 11.4 Å². The molecule has 0 aromatic heterocycles. The minimum absolute atomic E-state index is 0.0643. The first-order valence-electron chi connectivity index (χ1n) is 7.06. The number of epoxide rings is 1. The fourth-order valence-corrected chi connectivity index (χ4v) is 3.43. The molecule has 0 spiro atoms. The van der Waals surface area contributed by atoms with Crippen LogP contribution in [-0.4, -0.2) is 25.8 Å². The number of hydrogen-bond donors (Lipinski definition) is 0. The van der Waals surface area contributed by atoms with Crippen molar-refractivity contribution >= 4 is 5.97 Å². The number of hydrogen-bond acceptors (Lipinski definition) is 3. The van der Waals surface area contributed by atoms with Gasteiger partial charge in [0.05, 0.1) is 26.2 Å². The highest BCUT2D eigenvalue weighted by atomic mass is 16.6. The van der Waals surface area contributed by atoms with E-state index in [0.29, 0.717) is 17.9 Å². The fourth-order valence-electron chi connectivity index (χ4n) is 3.43. The zero-order valence-corrected chi connectivity index (χ0v) is 12.1. The van der Waals surface area contributed by atoms with Crippen molar-refractivity contribution in [3.8, 4) is 0 Å². The number of carbonyl (C=O) groups excluding carboxylic acids is 1. The van der Waals surface area contributed by atoms with Gasteiger partial charge >= 0.3 is 5.97 Å². The van der Waals surface area contributed by atoms with Gasteiger partial charge in [-0.25, -0.2) is 0 Å². The van der Waals surface area contributed by atoms with Gasteiger partial charge in [0.25, 0.3) is 0 Å². The van der Waals surface area contributed by atoms with Gasteiger partial charge in [-0.15, -0.1) is 0 Å². The summed E-state index contributed by atoms with van der Waals surface area (Å²) in [7, 11) is 1.48. The van der Waals surface area contributed by atoms with Crippen LogP contribution < -0.4 is 0 Å². The summed E-state index contributed by atoms with van der Waals surface area (Å²) in [5.74, 6) is 0.682. The van der Waals surface area contributed by atoms with Crippen LogP contribution in [0.3, 0.4) is 0 Å². The molecule has 2 fully saturated rings. The number of rotatable bonds is 3. The maximum absolute atomic E-state index is 11.6. The second-order valence-electron chi connectivity index (χ2n) is 7.08. The largest absolute Gasteiger partial charge is 0.469 e. The Kier molecular flexibility index (Phi) is 3.72. The van der Waals surface area contributed by atoms with Crippen molar-refractivity contribution in [3.63, 3.8) is 0 Å². The van der Waals surface area contributed by atoms with E-state index in [0.717, 1.165) is 25.4 Å². The van der Waals surface area contributed by atoms with E-state index in [1.807, 2.05) is 0 Å². The lowest BCUT2D eigenvalue weighted by Gasteiger charge is -2.43. The molecule has 1 heterocycles. The van der Waals surface area contributed by atoms with Crippen molar-refractivity contribution in [3.05, 3.63) is 0 Å². The van der Waals surface area contributed by atoms with E-state index in [2.05, 4.69) is 20.8 Å². The van der Waals surface area contributed by atoms with Crippen LogP contribution in [0.25, 0.3) is 0 Å². The van der Waals surface area contributed by atoms with Gasteiger partial charge in [0.2, 0.25) is 0 Å². The summed E-state index contributed by atoms with van der Waals surface area (Å²) in [4.78, 5) is 11.6. The number of esters is 1. The summed E-state index contributed by atoms with van der Waals surface area (Å²) in [6.45, 7) is 7.78. The maximum atomic E-state index is 11.6. The van der Waals surface area contributed by atoms with E-state index in [1.165, 1.54) is 20.0 Å². The van der Waals surface area contributed by atoms with Crippen molar-refractivity contribution in [2.75, 3.05) is 13.7 Å². The van der Waals surface area contributed by atoms with Crippen LogP contribution in [0.5, 0.6) is 0 Å². The molecule has 3 heteroatoms. The molecule has 1 atom stereocenters. The SMILES string of the molecule is COC(=O)CC1(C2CO2)CCC(C(C)(C)C)CC1. The molecule has 0 N–H and O–H groups in total. The molecule has 1 unspecified atom stereocenters. The molecule has 2 aliphatic rings. The molecule has 0 amide bonds. The van der Waals surface area contributed by atoms with Gasteiger partial charge in [-0.1, -0.05) is 20.8 Å². The Bertz CT molecular complexity index is 304. The Hall–Kier alpha value is -0.570. The molecular formula is C15H26O3. The van der Waals surface area contributed by atoms with E-state index in [4.69, 9.17) is 9.47 Å². The van der Waals surface area contributed by atoms with Crippen LogP contribution in [0.15, 0.2) is 0 Å². The van der Waals surface area contributed by atoms with Crippen LogP contribution in [0.2, 0.25) is 0 Å². The van der Waals surface area contributed by atoms with Crippen molar-refractivity contribution < 1.29 is 14.3 Å². The Morgan fingerprint density at radius 2 is 1.89 bits per heavy atom. The molecule has 3 nitrogen and oxygen atoms in total. The normalized spacial score (nSPS) is 36.2. The maximum Gasteiger partial charge on any atom is 0.306 e. The van der Waals surface area contributed by atoms with Gasteiger partial charge in [0.15, 0.2) is 0 Å². The molecule has 1 saturated carbocycles. The summed E-state index contributed by atoms with van der Waals surface area (Å²) in [6.07, 6.45) is 5.47. The smallest absolute Gasteiger partial charge is 0.306 e. The summed E-state index contributed by atoms with van der Waals surface area (Å²) in [6, 6.07) is 0. The standard InChI is InChI=1S/C15H26O3/c1-14(2,3)11-5-7-15(8-6-11,12-10-18-12)9-13(16)17-4/h11-12H,5-10H2,1-4H3. The van der Waals surface area contributed by atoms with Crippen LogP contribution in [0.4, 0.5) is 0 Å². The van der Waals surface area contributed by atoms with E-state index >= 15 is 0 Å². The Labute approximate surface area is 110 Å². The highest BCUT2D eigenvalue weighted by Crippen LogP contribution is 2.52. The molecule has 104 valence electrons. The Morgan fingerprint density at radius 1 is 1.33 bits per heavy atom. The van der Waals surface area contributed by atoms with Crippen LogP contribution in [-0.2, 0) is 14.3 Å². The van der Waals surface area contributed by atoms with E-state index < -0.39 is 0 Å². The molecule has 0 aromatic carbocycles. The lowest BCUT2D eigenvalue weighted by Crippen LogP contribution is -2.38. The molecule has 1 aliphatic heterocycles. The van der Waals surface area contributed by atoms with Gasteiger partial charge in [-0.05, 0) is 37.0 Å². The fraction of sp³-hybridized carbons (Fsp3) is 0.933. The predicted molar refractivity (Wildman–Crippen MR) is 70.2 cm³/mol. The van der Waals surface area contributed by atoms with Gasteiger partial charge in [-0.2, -0.15) is 0 Å². The van der Waals surface area contributed by atoms with Gasteiger partial charge in [-0.3, -0.25) is 4.79 Å². The molecule has 0 radical (unpaired) electrons. The highest BCUT2D eigenvalue weighted by Gasteiger charge is 2.50. The lowest BCUT2D eigenvalue weighted by molar-refractivity contribution is -0.145. The van der Waals surface area contributed by atoms with Gasteiger partial charge < -0.3 is 9.47 Å². The molecule has 1 saturated heterocycles. The van der Waals surface area contributed by atoms with Crippen molar-refractivity contribution in [2.45, 2.75) is 59.0 Å². The van der Waals surface area contributed by atoms with E-state index in [9.17, 15) is 4.79 Å². The predicted octanol–water partition coefficient (Wildman–Crippen LogP) is 3.17. The average molecular weight is 254 g/mol. The molecule has 2 rings (SSSR count). The first kappa shape index (κ1) is 13.9. The third-order valence-corrected chi connectivity index (χ3v) is 4.95. The van der Waals surface area contributed by atoms with Gasteiger partial charge in [0.1, 0.15) is 0 Å². The summed E-state index contributed by atoms with van der Waals surface area (Å²) >= 11 is 0. The molecular weight excluding hydrogens is 228 g/mol. The molecule has 0 bridgehead atoms. The second-order valence-corrected chi connectivity index (χ2v) is 7.08. The zero-order valence-electron chi connectivity index (χ0n) is 12.1. The summed E-state index contributed by atoms with van der Waals surface area (Å²) in [5.41, 5.74) is 0.441. The van der Waals surface area contributed by atoms with Crippen molar-refractivity contribution in [1.29, 1.82) is 0 Å². The topological polar surface area (TPSA) is 38.8 Å². The van der Waals surface area contributed by atoms with E-state index in [1.54, 1.807) is 0 Å². The summed E-state index contributed by atoms with van der Waals surface area (Å²) < 4.78 is 10.4. The van der Waals surface area contributed by atoms with Crippen molar-refractivity contribution in [2.24, 2.45) is 16.7 Å². The molecule has 1 aliphatic carbocycles. The van der Waals surface area contributed by atoms with Crippen LogP contribution >= 0.6 is 0 Å². The lowest BCUT2D eigenvalue weighted by atomic mass is 9.62. The molecule has 0 aromatic rings. The third kappa shape index (κ3) is 2.87. The van der Waals surface area contributed by atoms with Crippen LogP contribution in [0.1, 0.15) is 52.9 Å². The number of ether oxygens (including phenoxy) is 2. The number of carbonyl (C=O) groups is 1. The minimum atomic E-state index is -0.0836. The Balaban J connectivity index is 2.00. The quantitative estimate of drug-likeness (QED) is 0.573. The number of methoxy groups -OCH3 is 1.